The lowest BCUT2D eigenvalue weighted by atomic mass is 9.89. The maximum absolute atomic E-state index is 10.4. The number of carbonyl (C=O) groups is 1. The Labute approximate surface area is 95.1 Å². The van der Waals surface area contributed by atoms with Gasteiger partial charge in [-0.15, -0.1) is 0 Å². The van der Waals surface area contributed by atoms with Crippen molar-refractivity contribution in [3.05, 3.63) is 18.0 Å². The van der Waals surface area contributed by atoms with Gasteiger partial charge in [0.1, 0.15) is 6.10 Å². The average molecular weight is 220 g/mol. The van der Waals surface area contributed by atoms with Crippen LogP contribution in [-0.2, 0) is 0 Å². The van der Waals surface area contributed by atoms with Gasteiger partial charge in [0.15, 0.2) is 6.29 Å². The van der Waals surface area contributed by atoms with E-state index in [4.69, 9.17) is 4.74 Å². The number of ether oxygens (including phenoxy) is 1. The third-order valence-corrected chi connectivity index (χ3v) is 3.02. The molecule has 4 heteroatoms. The van der Waals surface area contributed by atoms with Crippen LogP contribution in [0.4, 0.5) is 0 Å². The molecule has 0 saturated heterocycles. The molecule has 1 fully saturated rings. The van der Waals surface area contributed by atoms with E-state index in [2.05, 4.69) is 16.9 Å². The van der Waals surface area contributed by atoms with E-state index < -0.39 is 0 Å². The number of aldehydes is 1. The predicted octanol–water partition coefficient (Wildman–Crippen LogP) is 2.25. The van der Waals surface area contributed by atoms with Crippen molar-refractivity contribution in [3.63, 3.8) is 0 Å². The Morgan fingerprint density at radius 1 is 1.25 bits per heavy atom. The zero-order chi connectivity index (χ0) is 11.4. The molecule has 1 aromatic rings. The van der Waals surface area contributed by atoms with Gasteiger partial charge < -0.3 is 4.74 Å². The molecule has 16 heavy (non-hydrogen) atoms. The normalized spacial score (nSPS) is 25.1. The zero-order valence-electron chi connectivity index (χ0n) is 9.43. The van der Waals surface area contributed by atoms with Crippen LogP contribution in [0.15, 0.2) is 12.4 Å². The lowest BCUT2D eigenvalue weighted by molar-refractivity contribution is 0.112. The highest BCUT2D eigenvalue weighted by atomic mass is 16.5. The molecule has 2 rings (SSSR count). The molecule has 1 aromatic heterocycles. The molecular formula is C12H16N2O2. The molecule has 0 amide bonds. The highest BCUT2D eigenvalue weighted by Crippen LogP contribution is 2.25. The quantitative estimate of drug-likeness (QED) is 0.733. The van der Waals surface area contributed by atoms with E-state index in [1.165, 1.54) is 25.2 Å². The maximum atomic E-state index is 10.4. The minimum atomic E-state index is 0.235. The van der Waals surface area contributed by atoms with Crippen molar-refractivity contribution in [1.82, 2.24) is 9.97 Å². The van der Waals surface area contributed by atoms with Gasteiger partial charge >= 0.3 is 6.01 Å². The van der Waals surface area contributed by atoms with Gasteiger partial charge in [0.25, 0.3) is 0 Å². The van der Waals surface area contributed by atoms with E-state index in [0.29, 0.717) is 11.6 Å². The molecule has 0 radical (unpaired) electrons. The average Bonchev–Trinajstić information content (AvgIpc) is 2.33. The van der Waals surface area contributed by atoms with Gasteiger partial charge in [-0.05, 0) is 31.6 Å². The molecule has 0 spiro atoms. The second kappa shape index (κ2) is 5.05. The van der Waals surface area contributed by atoms with E-state index in [0.717, 1.165) is 25.0 Å². The molecular weight excluding hydrogens is 204 g/mol. The monoisotopic (exact) mass is 220 g/mol. The zero-order valence-corrected chi connectivity index (χ0v) is 9.43. The first kappa shape index (κ1) is 11.0. The Morgan fingerprint density at radius 2 is 1.88 bits per heavy atom. The lowest BCUT2D eigenvalue weighted by Crippen LogP contribution is -2.23. The van der Waals surface area contributed by atoms with Crippen molar-refractivity contribution in [2.45, 2.75) is 38.7 Å². The Kier molecular flexibility index (Phi) is 3.49. The Morgan fingerprint density at radius 3 is 2.44 bits per heavy atom. The number of nitrogens with zero attached hydrogens (tertiary/aromatic N) is 2. The van der Waals surface area contributed by atoms with Crippen LogP contribution in [0.1, 0.15) is 43.0 Å². The van der Waals surface area contributed by atoms with Crippen LogP contribution in [0, 0.1) is 5.92 Å². The number of rotatable bonds is 3. The molecule has 1 aliphatic rings. The summed E-state index contributed by atoms with van der Waals surface area (Å²) in [7, 11) is 0. The Hall–Kier alpha value is -1.45. The van der Waals surface area contributed by atoms with Crippen LogP contribution in [0.25, 0.3) is 0 Å². The number of hydrogen-bond acceptors (Lipinski definition) is 4. The number of aromatic nitrogens is 2. The molecule has 0 N–H and O–H groups in total. The summed E-state index contributed by atoms with van der Waals surface area (Å²) >= 11 is 0. The van der Waals surface area contributed by atoms with Gasteiger partial charge in [-0.2, -0.15) is 0 Å². The topological polar surface area (TPSA) is 52.1 Å². The standard InChI is InChI=1S/C12H16N2O2/c1-9-2-4-11(5-3-9)16-12-13-6-10(8-15)7-14-12/h6-9,11H,2-5H2,1H3. The van der Waals surface area contributed by atoms with Gasteiger partial charge in [0.2, 0.25) is 0 Å². The molecule has 0 bridgehead atoms. The van der Waals surface area contributed by atoms with Crippen LogP contribution in [0.2, 0.25) is 0 Å². The second-order valence-corrected chi connectivity index (χ2v) is 4.42. The summed E-state index contributed by atoms with van der Waals surface area (Å²) in [6.45, 7) is 2.27. The molecule has 1 heterocycles. The van der Waals surface area contributed by atoms with Gasteiger partial charge in [0.05, 0.1) is 5.56 Å². The summed E-state index contributed by atoms with van der Waals surface area (Å²) in [6.07, 6.45) is 8.49. The minimum Gasteiger partial charge on any atom is -0.460 e. The smallest absolute Gasteiger partial charge is 0.316 e. The first-order valence-corrected chi connectivity index (χ1v) is 5.72. The summed E-state index contributed by atoms with van der Waals surface area (Å²) in [5.41, 5.74) is 0.476. The maximum Gasteiger partial charge on any atom is 0.316 e. The van der Waals surface area contributed by atoms with Crippen LogP contribution < -0.4 is 4.74 Å². The third-order valence-electron chi connectivity index (χ3n) is 3.02. The fraction of sp³-hybridized carbons (Fsp3) is 0.583. The van der Waals surface area contributed by atoms with E-state index >= 15 is 0 Å². The Balaban J connectivity index is 1.91. The third kappa shape index (κ3) is 2.78. The highest BCUT2D eigenvalue weighted by molar-refractivity contribution is 5.73. The first-order valence-electron chi connectivity index (χ1n) is 5.72. The largest absolute Gasteiger partial charge is 0.460 e. The van der Waals surface area contributed by atoms with Crippen molar-refractivity contribution in [2.75, 3.05) is 0 Å². The van der Waals surface area contributed by atoms with Crippen LogP contribution >= 0.6 is 0 Å². The highest BCUT2D eigenvalue weighted by Gasteiger charge is 2.20. The molecule has 1 aliphatic carbocycles. The molecule has 0 unspecified atom stereocenters. The number of hydrogen-bond donors (Lipinski definition) is 0. The van der Waals surface area contributed by atoms with Gasteiger partial charge in [-0.3, -0.25) is 4.79 Å². The summed E-state index contributed by atoms with van der Waals surface area (Å²) in [4.78, 5) is 18.4. The van der Waals surface area contributed by atoms with E-state index in [1.807, 2.05) is 0 Å². The lowest BCUT2D eigenvalue weighted by Gasteiger charge is -2.25. The van der Waals surface area contributed by atoms with Crippen molar-refractivity contribution < 1.29 is 9.53 Å². The fourth-order valence-electron chi connectivity index (χ4n) is 1.94. The second-order valence-electron chi connectivity index (χ2n) is 4.42. The molecule has 0 aromatic carbocycles. The fourth-order valence-corrected chi connectivity index (χ4v) is 1.94. The predicted molar refractivity (Wildman–Crippen MR) is 59.5 cm³/mol. The van der Waals surface area contributed by atoms with Crippen LogP contribution in [-0.4, -0.2) is 22.4 Å². The van der Waals surface area contributed by atoms with Crippen LogP contribution in [0.5, 0.6) is 6.01 Å². The van der Waals surface area contributed by atoms with Crippen molar-refractivity contribution in [2.24, 2.45) is 5.92 Å². The van der Waals surface area contributed by atoms with Gasteiger partial charge in [0, 0.05) is 12.4 Å². The van der Waals surface area contributed by atoms with E-state index in [9.17, 15) is 4.79 Å². The number of carbonyl (C=O) groups excluding carboxylic acids is 1. The molecule has 1 saturated carbocycles. The molecule has 86 valence electrons. The van der Waals surface area contributed by atoms with Crippen LogP contribution in [0.3, 0.4) is 0 Å². The van der Waals surface area contributed by atoms with Gasteiger partial charge in [-0.1, -0.05) is 6.92 Å². The van der Waals surface area contributed by atoms with Gasteiger partial charge in [-0.25, -0.2) is 9.97 Å². The summed E-state index contributed by atoms with van der Waals surface area (Å²) in [6, 6.07) is 0.380. The van der Waals surface area contributed by atoms with Crippen molar-refractivity contribution in [1.29, 1.82) is 0 Å². The summed E-state index contributed by atoms with van der Waals surface area (Å²) < 4.78 is 5.66. The Bertz CT molecular complexity index is 343. The SMILES string of the molecule is CC1CCC(Oc2ncc(C=O)cn2)CC1. The van der Waals surface area contributed by atoms with E-state index in [-0.39, 0.29) is 6.10 Å². The van der Waals surface area contributed by atoms with Crippen molar-refractivity contribution >= 4 is 6.29 Å². The first-order chi connectivity index (χ1) is 7.78. The summed E-state index contributed by atoms with van der Waals surface area (Å²) in [5.74, 6) is 0.804. The minimum absolute atomic E-state index is 0.235. The summed E-state index contributed by atoms with van der Waals surface area (Å²) in [5, 5.41) is 0. The molecule has 4 nitrogen and oxygen atoms in total. The van der Waals surface area contributed by atoms with E-state index in [1.54, 1.807) is 0 Å². The van der Waals surface area contributed by atoms with Crippen molar-refractivity contribution in [3.8, 4) is 6.01 Å². The molecule has 0 atom stereocenters. The molecule has 0 aliphatic heterocycles.